The third kappa shape index (κ3) is 7.04. The summed E-state index contributed by atoms with van der Waals surface area (Å²) in [5.41, 5.74) is 1.03. The average molecular weight is 320 g/mol. The number of carbonyl (C=O) groups excluding carboxylic acids is 1. The maximum Gasteiger partial charge on any atom is 0.239 e. The Bertz CT molecular complexity index is 500. The van der Waals surface area contributed by atoms with E-state index in [-0.39, 0.29) is 12.5 Å². The lowest BCUT2D eigenvalue weighted by molar-refractivity contribution is -0.120. The standard InChI is InChI=1S/C17H28N4O2/c1-5-6-11-21(3)17(18-2)20-13-16(22)19-12-14-7-9-15(23-4)10-8-14/h7-10H,5-6,11-13H2,1-4H3,(H,18,20)(H,19,22). The molecule has 0 saturated heterocycles. The van der Waals surface area contributed by atoms with Gasteiger partial charge in [0.1, 0.15) is 5.75 Å². The number of benzene rings is 1. The summed E-state index contributed by atoms with van der Waals surface area (Å²) >= 11 is 0. The highest BCUT2D eigenvalue weighted by molar-refractivity contribution is 5.86. The van der Waals surface area contributed by atoms with E-state index < -0.39 is 0 Å². The Morgan fingerprint density at radius 2 is 1.96 bits per heavy atom. The topological polar surface area (TPSA) is 66.0 Å². The molecule has 1 aromatic carbocycles. The second-order valence-corrected chi connectivity index (χ2v) is 5.30. The molecule has 1 aromatic rings. The predicted octanol–water partition coefficient (Wildman–Crippen LogP) is 1.62. The highest BCUT2D eigenvalue weighted by Crippen LogP contribution is 2.10. The van der Waals surface area contributed by atoms with Gasteiger partial charge in [0, 0.05) is 27.2 Å². The molecule has 0 bridgehead atoms. The summed E-state index contributed by atoms with van der Waals surface area (Å²) in [6.07, 6.45) is 2.23. The Balaban J connectivity index is 2.34. The van der Waals surface area contributed by atoms with Crippen molar-refractivity contribution in [3.8, 4) is 5.75 Å². The molecule has 0 aliphatic carbocycles. The van der Waals surface area contributed by atoms with Gasteiger partial charge in [-0.25, -0.2) is 0 Å². The molecule has 2 N–H and O–H groups in total. The Hall–Kier alpha value is -2.24. The minimum Gasteiger partial charge on any atom is -0.497 e. The monoisotopic (exact) mass is 320 g/mol. The van der Waals surface area contributed by atoms with Crippen LogP contribution < -0.4 is 15.4 Å². The van der Waals surface area contributed by atoms with E-state index in [4.69, 9.17) is 4.74 Å². The van der Waals surface area contributed by atoms with Crippen LogP contribution in [0.5, 0.6) is 5.75 Å². The minimum absolute atomic E-state index is 0.0640. The zero-order chi connectivity index (χ0) is 17.1. The number of hydrogen-bond donors (Lipinski definition) is 2. The highest BCUT2D eigenvalue weighted by atomic mass is 16.5. The van der Waals surface area contributed by atoms with Crippen molar-refractivity contribution in [2.75, 3.05) is 34.3 Å². The number of ether oxygens (including phenoxy) is 1. The van der Waals surface area contributed by atoms with Gasteiger partial charge in [-0.2, -0.15) is 0 Å². The number of nitrogens with one attached hydrogen (secondary N) is 2. The minimum atomic E-state index is -0.0640. The number of rotatable bonds is 8. The van der Waals surface area contributed by atoms with Crippen LogP contribution in [0.2, 0.25) is 0 Å². The van der Waals surface area contributed by atoms with E-state index in [0.29, 0.717) is 6.54 Å². The van der Waals surface area contributed by atoms with Gasteiger partial charge in [-0.1, -0.05) is 25.5 Å². The van der Waals surface area contributed by atoms with Crippen molar-refractivity contribution in [3.05, 3.63) is 29.8 Å². The zero-order valence-corrected chi connectivity index (χ0v) is 14.6. The van der Waals surface area contributed by atoms with Crippen LogP contribution in [0.1, 0.15) is 25.3 Å². The van der Waals surface area contributed by atoms with E-state index in [2.05, 4.69) is 22.5 Å². The molecule has 6 heteroatoms. The van der Waals surface area contributed by atoms with Crippen molar-refractivity contribution in [3.63, 3.8) is 0 Å². The van der Waals surface area contributed by atoms with Crippen molar-refractivity contribution < 1.29 is 9.53 Å². The number of amides is 1. The number of carbonyl (C=O) groups is 1. The Kier molecular flexibility index (Phi) is 8.57. The van der Waals surface area contributed by atoms with Gasteiger partial charge in [-0.3, -0.25) is 9.79 Å². The molecule has 0 unspecified atom stereocenters. The number of aliphatic imine (C=N–C) groups is 1. The molecule has 0 fully saturated rings. The lowest BCUT2D eigenvalue weighted by atomic mass is 10.2. The maximum atomic E-state index is 11.9. The lowest BCUT2D eigenvalue weighted by Gasteiger charge is -2.21. The molecule has 0 spiro atoms. The molecule has 0 aliphatic rings. The molecule has 0 aliphatic heterocycles. The molecular formula is C17H28N4O2. The number of guanidine groups is 1. The summed E-state index contributed by atoms with van der Waals surface area (Å²) in [6, 6.07) is 7.63. The van der Waals surface area contributed by atoms with E-state index in [1.807, 2.05) is 36.2 Å². The third-order valence-electron chi connectivity index (χ3n) is 3.48. The number of nitrogens with zero attached hydrogens (tertiary/aromatic N) is 2. The van der Waals surface area contributed by atoms with Gasteiger partial charge in [0.2, 0.25) is 5.91 Å². The summed E-state index contributed by atoms with van der Waals surface area (Å²) < 4.78 is 5.11. The summed E-state index contributed by atoms with van der Waals surface area (Å²) in [5, 5.41) is 5.96. The van der Waals surface area contributed by atoms with Crippen molar-refractivity contribution >= 4 is 11.9 Å². The van der Waals surface area contributed by atoms with Crippen molar-refractivity contribution in [2.24, 2.45) is 4.99 Å². The van der Waals surface area contributed by atoms with Crippen LogP contribution in [0.4, 0.5) is 0 Å². The molecule has 0 saturated carbocycles. The molecule has 0 aromatic heterocycles. The first-order valence-electron chi connectivity index (χ1n) is 7.92. The molecule has 23 heavy (non-hydrogen) atoms. The fraction of sp³-hybridized carbons (Fsp3) is 0.529. The Morgan fingerprint density at radius 3 is 2.52 bits per heavy atom. The first-order chi connectivity index (χ1) is 11.1. The van der Waals surface area contributed by atoms with Crippen LogP contribution in [0.25, 0.3) is 0 Å². The summed E-state index contributed by atoms with van der Waals surface area (Å²) in [4.78, 5) is 18.1. The molecule has 0 radical (unpaired) electrons. The lowest BCUT2D eigenvalue weighted by Crippen LogP contribution is -2.44. The SMILES string of the molecule is CCCCN(C)C(=NC)NCC(=O)NCc1ccc(OC)cc1. The number of unbranched alkanes of at least 4 members (excludes halogenated alkanes) is 1. The second kappa shape index (κ2) is 10.5. The third-order valence-corrected chi connectivity index (χ3v) is 3.48. The first-order valence-corrected chi connectivity index (χ1v) is 7.92. The highest BCUT2D eigenvalue weighted by Gasteiger charge is 2.07. The van der Waals surface area contributed by atoms with Gasteiger partial charge in [-0.15, -0.1) is 0 Å². The van der Waals surface area contributed by atoms with Crippen LogP contribution in [0.3, 0.4) is 0 Å². The second-order valence-electron chi connectivity index (χ2n) is 5.30. The molecule has 1 amide bonds. The van der Waals surface area contributed by atoms with E-state index in [9.17, 15) is 4.79 Å². The fourth-order valence-electron chi connectivity index (χ4n) is 2.05. The van der Waals surface area contributed by atoms with E-state index in [1.54, 1.807) is 14.2 Å². The van der Waals surface area contributed by atoms with Crippen LogP contribution in [0, 0.1) is 0 Å². The number of methoxy groups -OCH3 is 1. The van der Waals surface area contributed by atoms with Crippen molar-refractivity contribution in [2.45, 2.75) is 26.3 Å². The normalized spacial score (nSPS) is 11.0. The quantitative estimate of drug-likeness (QED) is 0.564. The van der Waals surface area contributed by atoms with Gasteiger partial charge >= 0.3 is 0 Å². The molecule has 1 rings (SSSR count). The van der Waals surface area contributed by atoms with Gasteiger partial charge in [-0.05, 0) is 24.1 Å². The van der Waals surface area contributed by atoms with Crippen molar-refractivity contribution in [1.29, 1.82) is 0 Å². The van der Waals surface area contributed by atoms with E-state index >= 15 is 0 Å². The molecule has 6 nitrogen and oxygen atoms in total. The van der Waals surface area contributed by atoms with Gasteiger partial charge < -0.3 is 20.3 Å². The maximum absolute atomic E-state index is 11.9. The van der Waals surface area contributed by atoms with Gasteiger partial charge in [0.15, 0.2) is 5.96 Å². The fourth-order valence-corrected chi connectivity index (χ4v) is 2.05. The van der Waals surface area contributed by atoms with Crippen LogP contribution in [-0.2, 0) is 11.3 Å². The Morgan fingerprint density at radius 1 is 1.26 bits per heavy atom. The molecule has 128 valence electrons. The Labute approximate surface area is 138 Å². The zero-order valence-electron chi connectivity index (χ0n) is 14.6. The smallest absolute Gasteiger partial charge is 0.239 e. The largest absolute Gasteiger partial charge is 0.497 e. The summed E-state index contributed by atoms with van der Waals surface area (Å²) in [7, 11) is 5.33. The van der Waals surface area contributed by atoms with Gasteiger partial charge in [0.25, 0.3) is 0 Å². The summed E-state index contributed by atoms with van der Waals surface area (Å²) in [5.74, 6) is 1.48. The number of hydrogen-bond acceptors (Lipinski definition) is 3. The van der Waals surface area contributed by atoms with Crippen LogP contribution >= 0.6 is 0 Å². The van der Waals surface area contributed by atoms with Crippen molar-refractivity contribution in [1.82, 2.24) is 15.5 Å². The molecule has 0 heterocycles. The van der Waals surface area contributed by atoms with E-state index in [1.165, 1.54) is 0 Å². The average Bonchev–Trinajstić information content (AvgIpc) is 2.59. The van der Waals surface area contributed by atoms with E-state index in [0.717, 1.165) is 36.7 Å². The van der Waals surface area contributed by atoms with Gasteiger partial charge in [0.05, 0.1) is 13.7 Å². The first kappa shape index (κ1) is 18.8. The van der Waals surface area contributed by atoms with Crippen LogP contribution in [-0.4, -0.2) is 51.1 Å². The van der Waals surface area contributed by atoms with Crippen LogP contribution in [0.15, 0.2) is 29.3 Å². The molecule has 0 atom stereocenters. The molecular weight excluding hydrogens is 292 g/mol. The predicted molar refractivity (Wildman–Crippen MR) is 93.7 cm³/mol. The summed E-state index contributed by atoms with van der Waals surface area (Å²) in [6.45, 7) is 3.77.